The lowest BCUT2D eigenvalue weighted by molar-refractivity contribution is 0.0963. The van der Waals surface area contributed by atoms with Gasteiger partial charge in [-0.1, -0.05) is 18.2 Å². The normalized spacial score (nSPS) is 14.5. The van der Waals surface area contributed by atoms with Gasteiger partial charge < -0.3 is 20.9 Å². The number of carbonyl (C=O) groups is 1. The van der Waals surface area contributed by atoms with Crippen LogP contribution in [0.3, 0.4) is 0 Å². The van der Waals surface area contributed by atoms with Gasteiger partial charge in [0.05, 0.1) is 0 Å². The summed E-state index contributed by atoms with van der Waals surface area (Å²) in [6, 6.07) is 14.2. The van der Waals surface area contributed by atoms with Crippen molar-refractivity contribution in [3.8, 4) is 0 Å². The molecule has 1 aromatic heterocycles. The fraction of sp³-hybridized carbons (Fsp3) is 0.435. The smallest absolute Gasteiger partial charge is 0.251 e. The average Bonchev–Trinajstić information content (AvgIpc) is 2.80. The van der Waals surface area contributed by atoms with Gasteiger partial charge in [0.1, 0.15) is 5.82 Å². The largest absolute Gasteiger partial charge is 0.357 e. The number of piperidine rings is 1. The second-order valence-electron chi connectivity index (χ2n) is 7.38. The van der Waals surface area contributed by atoms with Crippen LogP contribution < -0.4 is 20.9 Å². The molecule has 1 amide bonds. The van der Waals surface area contributed by atoms with E-state index >= 15 is 0 Å². The van der Waals surface area contributed by atoms with Gasteiger partial charge in [0.15, 0.2) is 5.96 Å². The Morgan fingerprint density at radius 1 is 1.19 bits per heavy atom. The summed E-state index contributed by atoms with van der Waals surface area (Å²) in [5, 5.41) is 9.59. The Morgan fingerprint density at radius 3 is 2.68 bits per heavy atom. The van der Waals surface area contributed by atoms with Gasteiger partial charge in [-0.05, 0) is 56.0 Å². The Morgan fingerprint density at radius 2 is 2.00 bits per heavy atom. The SMILES string of the molecule is CCNC(=NCCc1cccc(C(=O)NC)c1)NC1CCN(c2ccccn2)CC1.I. The molecule has 3 N–H and O–H groups in total. The molecule has 0 aliphatic carbocycles. The van der Waals surface area contributed by atoms with Crippen LogP contribution in [-0.4, -0.2) is 56.1 Å². The second kappa shape index (κ2) is 13.1. The van der Waals surface area contributed by atoms with Gasteiger partial charge in [-0.25, -0.2) is 4.98 Å². The number of nitrogens with zero attached hydrogens (tertiary/aromatic N) is 3. The third-order valence-corrected chi connectivity index (χ3v) is 5.24. The molecule has 0 radical (unpaired) electrons. The minimum Gasteiger partial charge on any atom is -0.357 e. The third kappa shape index (κ3) is 7.68. The van der Waals surface area contributed by atoms with Crippen LogP contribution in [0.4, 0.5) is 5.82 Å². The van der Waals surface area contributed by atoms with Gasteiger partial charge in [-0.3, -0.25) is 9.79 Å². The maximum atomic E-state index is 11.8. The number of pyridine rings is 1. The van der Waals surface area contributed by atoms with E-state index in [1.807, 2.05) is 42.6 Å². The van der Waals surface area contributed by atoms with Crippen LogP contribution in [0.25, 0.3) is 0 Å². The lowest BCUT2D eigenvalue weighted by Gasteiger charge is -2.33. The first kappa shape index (κ1) is 24.9. The molecule has 1 saturated heterocycles. The van der Waals surface area contributed by atoms with Crippen LogP contribution in [0.1, 0.15) is 35.7 Å². The molecule has 0 spiro atoms. The molecular weight excluding hydrogens is 503 g/mol. The minimum absolute atomic E-state index is 0. The minimum atomic E-state index is -0.0626. The summed E-state index contributed by atoms with van der Waals surface area (Å²) < 4.78 is 0. The molecule has 2 heterocycles. The summed E-state index contributed by atoms with van der Waals surface area (Å²) in [5.74, 6) is 1.85. The van der Waals surface area contributed by atoms with Gasteiger partial charge in [0.25, 0.3) is 5.91 Å². The van der Waals surface area contributed by atoms with E-state index in [9.17, 15) is 4.79 Å². The van der Waals surface area contributed by atoms with Crippen molar-refractivity contribution < 1.29 is 4.79 Å². The Hall–Kier alpha value is -2.36. The molecule has 1 aromatic carbocycles. The number of hydrogen-bond donors (Lipinski definition) is 3. The van der Waals surface area contributed by atoms with E-state index in [0.29, 0.717) is 18.2 Å². The summed E-state index contributed by atoms with van der Waals surface area (Å²) in [4.78, 5) is 23.3. The van der Waals surface area contributed by atoms with Crippen LogP contribution in [0.15, 0.2) is 53.7 Å². The molecule has 1 fully saturated rings. The van der Waals surface area contributed by atoms with E-state index in [4.69, 9.17) is 4.99 Å². The molecule has 8 heteroatoms. The first-order valence-corrected chi connectivity index (χ1v) is 10.7. The van der Waals surface area contributed by atoms with Gasteiger partial charge in [-0.2, -0.15) is 0 Å². The molecule has 1 aliphatic rings. The number of anilines is 1. The average molecular weight is 536 g/mol. The van der Waals surface area contributed by atoms with E-state index in [1.165, 1.54) is 0 Å². The van der Waals surface area contributed by atoms with Crippen molar-refractivity contribution in [1.82, 2.24) is 20.9 Å². The summed E-state index contributed by atoms with van der Waals surface area (Å²) in [7, 11) is 1.65. The number of hydrogen-bond acceptors (Lipinski definition) is 4. The number of aromatic nitrogens is 1. The van der Waals surface area contributed by atoms with E-state index in [0.717, 1.165) is 56.2 Å². The van der Waals surface area contributed by atoms with Crippen LogP contribution in [-0.2, 0) is 6.42 Å². The fourth-order valence-electron chi connectivity index (χ4n) is 3.62. The van der Waals surface area contributed by atoms with Crippen molar-refractivity contribution in [2.45, 2.75) is 32.2 Å². The summed E-state index contributed by atoms with van der Waals surface area (Å²) in [6.07, 6.45) is 4.74. The molecule has 168 valence electrons. The number of rotatable bonds is 7. The molecule has 2 aromatic rings. The number of aliphatic imine (C=N–C) groups is 1. The van der Waals surface area contributed by atoms with Gasteiger partial charge in [0.2, 0.25) is 0 Å². The van der Waals surface area contributed by atoms with Crippen molar-refractivity contribution in [3.63, 3.8) is 0 Å². The summed E-state index contributed by atoms with van der Waals surface area (Å²) >= 11 is 0. The van der Waals surface area contributed by atoms with Crippen molar-refractivity contribution >= 4 is 41.7 Å². The molecular formula is C23H33IN6O. The van der Waals surface area contributed by atoms with Crippen LogP contribution in [0.5, 0.6) is 0 Å². The highest BCUT2D eigenvalue weighted by atomic mass is 127. The Bertz CT molecular complexity index is 837. The topological polar surface area (TPSA) is 81.6 Å². The molecule has 0 unspecified atom stereocenters. The van der Waals surface area contributed by atoms with Crippen molar-refractivity contribution in [2.75, 3.05) is 38.1 Å². The first-order chi connectivity index (χ1) is 14.7. The molecule has 7 nitrogen and oxygen atoms in total. The lowest BCUT2D eigenvalue weighted by atomic mass is 10.1. The molecule has 0 atom stereocenters. The van der Waals surface area contributed by atoms with Crippen LogP contribution >= 0.6 is 24.0 Å². The van der Waals surface area contributed by atoms with E-state index in [1.54, 1.807) is 7.05 Å². The van der Waals surface area contributed by atoms with Gasteiger partial charge >= 0.3 is 0 Å². The van der Waals surface area contributed by atoms with E-state index in [-0.39, 0.29) is 29.9 Å². The number of halogens is 1. The standard InChI is InChI=1S/C23H32N6O.HI/c1-3-25-23(27-14-10-18-7-6-8-19(17-18)22(30)24-2)28-20-11-15-29(16-12-20)21-9-4-5-13-26-21;/h4-9,13,17,20H,3,10-12,14-16H2,1-2H3,(H,24,30)(H2,25,27,28);1H. The van der Waals surface area contributed by atoms with E-state index in [2.05, 4.69) is 38.8 Å². The number of carbonyl (C=O) groups excluding carboxylic acids is 1. The maximum absolute atomic E-state index is 11.8. The van der Waals surface area contributed by atoms with Crippen molar-refractivity contribution in [1.29, 1.82) is 0 Å². The van der Waals surface area contributed by atoms with Gasteiger partial charge in [0, 0.05) is 51.0 Å². The maximum Gasteiger partial charge on any atom is 0.251 e. The Balaban J connectivity index is 0.00000341. The third-order valence-electron chi connectivity index (χ3n) is 5.24. The van der Waals surface area contributed by atoms with Crippen molar-refractivity contribution in [2.24, 2.45) is 4.99 Å². The summed E-state index contributed by atoms with van der Waals surface area (Å²) in [6.45, 7) is 5.54. The van der Waals surface area contributed by atoms with Crippen LogP contribution in [0, 0.1) is 0 Å². The zero-order valence-electron chi connectivity index (χ0n) is 18.3. The first-order valence-electron chi connectivity index (χ1n) is 10.7. The van der Waals surface area contributed by atoms with E-state index < -0.39 is 0 Å². The zero-order valence-corrected chi connectivity index (χ0v) is 20.6. The van der Waals surface area contributed by atoms with Crippen LogP contribution in [0.2, 0.25) is 0 Å². The molecule has 0 bridgehead atoms. The number of amides is 1. The second-order valence-corrected chi connectivity index (χ2v) is 7.38. The predicted molar refractivity (Wildman–Crippen MR) is 138 cm³/mol. The number of guanidine groups is 1. The fourth-order valence-corrected chi connectivity index (χ4v) is 3.62. The molecule has 3 rings (SSSR count). The predicted octanol–water partition coefficient (Wildman–Crippen LogP) is 2.83. The van der Waals surface area contributed by atoms with Crippen molar-refractivity contribution in [3.05, 3.63) is 59.8 Å². The quantitative estimate of drug-likeness (QED) is 0.288. The molecule has 0 saturated carbocycles. The monoisotopic (exact) mass is 536 g/mol. The van der Waals surface area contributed by atoms with Gasteiger partial charge in [-0.15, -0.1) is 24.0 Å². The summed E-state index contributed by atoms with van der Waals surface area (Å²) in [5.41, 5.74) is 1.79. The molecule has 1 aliphatic heterocycles. The highest BCUT2D eigenvalue weighted by Crippen LogP contribution is 2.17. The zero-order chi connectivity index (χ0) is 21.2. The Kier molecular flexibility index (Phi) is 10.6. The highest BCUT2D eigenvalue weighted by Gasteiger charge is 2.20. The lowest BCUT2D eigenvalue weighted by Crippen LogP contribution is -2.49. The number of benzene rings is 1. The highest BCUT2D eigenvalue weighted by molar-refractivity contribution is 14.0. The molecule has 31 heavy (non-hydrogen) atoms. The Labute approximate surface area is 202 Å². The number of nitrogens with one attached hydrogen (secondary N) is 3.